The summed E-state index contributed by atoms with van der Waals surface area (Å²) in [5.41, 5.74) is 0.985. The average molecular weight is 271 g/mol. The molecule has 2 unspecified atom stereocenters. The number of rotatable bonds is 2. The molecule has 0 aromatic heterocycles. The van der Waals surface area contributed by atoms with Gasteiger partial charge in [-0.1, -0.05) is 19.1 Å². The zero-order chi connectivity index (χ0) is 11.0. The topological polar surface area (TPSA) is 46.5 Å². The van der Waals surface area contributed by atoms with E-state index in [-0.39, 0.29) is 5.92 Å². The lowest BCUT2D eigenvalue weighted by Crippen LogP contribution is -2.19. The van der Waals surface area contributed by atoms with Gasteiger partial charge in [-0.15, -0.1) is 0 Å². The summed E-state index contributed by atoms with van der Waals surface area (Å²) in [5, 5.41) is 8.97. The minimum absolute atomic E-state index is 0.0463. The summed E-state index contributed by atoms with van der Waals surface area (Å²) in [6.45, 7) is 2.16. The Kier molecular flexibility index (Phi) is 2.69. The number of fused-ring (bicyclic) bond motifs is 1. The lowest BCUT2D eigenvalue weighted by molar-refractivity contribution is -0.142. The van der Waals surface area contributed by atoms with Crippen LogP contribution in [0.25, 0.3) is 0 Å². The number of carboxylic acids is 1. The fourth-order valence-electron chi connectivity index (χ4n) is 1.82. The molecule has 1 N–H and O–H groups in total. The molecule has 4 heteroatoms. The van der Waals surface area contributed by atoms with E-state index in [1.165, 1.54) is 0 Å². The summed E-state index contributed by atoms with van der Waals surface area (Å²) in [6.07, 6.45) is 0. The van der Waals surface area contributed by atoms with Gasteiger partial charge < -0.3 is 9.84 Å². The molecule has 1 aromatic rings. The number of halogens is 1. The van der Waals surface area contributed by atoms with E-state index in [0.717, 1.165) is 15.8 Å². The first kappa shape index (κ1) is 10.5. The first-order chi connectivity index (χ1) is 7.11. The Morgan fingerprint density at radius 3 is 3.07 bits per heavy atom. The summed E-state index contributed by atoms with van der Waals surface area (Å²) in [6, 6.07) is 5.73. The Morgan fingerprint density at radius 2 is 2.40 bits per heavy atom. The van der Waals surface area contributed by atoms with E-state index in [1.54, 1.807) is 6.92 Å². The molecular formula is C11H11BrO3. The fourth-order valence-corrected chi connectivity index (χ4v) is 2.31. The van der Waals surface area contributed by atoms with Crippen LogP contribution in [0.3, 0.4) is 0 Å². The van der Waals surface area contributed by atoms with Crippen LogP contribution in [0.4, 0.5) is 0 Å². The number of benzene rings is 1. The maximum absolute atomic E-state index is 10.9. The van der Waals surface area contributed by atoms with Crippen LogP contribution in [0.5, 0.6) is 5.75 Å². The predicted molar refractivity (Wildman–Crippen MR) is 59.2 cm³/mol. The number of ether oxygens (including phenoxy) is 1. The van der Waals surface area contributed by atoms with Crippen LogP contribution in [-0.4, -0.2) is 17.7 Å². The molecule has 2 rings (SSSR count). The van der Waals surface area contributed by atoms with Gasteiger partial charge in [0.2, 0.25) is 0 Å². The van der Waals surface area contributed by atoms with Crippen molar-refractivity contribution in [3.05, 3.63) is 28.2 Å². The van der Waals surface area contributed by atoms with Crippen LogP contribution in [0.1, 0.15) is 18.4 Å². The standard InChI is InChI=1S/C11H11BrO3/c1-6(11(13)14)8-5-15-10-7(8)3-2-4-9(10)12/h2-4,6,8H,5H2,1H3,(H,13,14). The van der Waals surface area contributed by atoms with Crippen LogP contribution in [0.2, 0.25) is 0 Å². The molecule has 0 saturated carbocycles. The van der Waals surface area contributed by atoms with E-state index in [4.69, 9.17) is 9.84 Å². The fraction of sp³-hybridized carbons (Fsp3) is 0.364. The number of hydrogen-bond acceptors (Lipinski definition) is 2. The van der Waals surface area contributed by atoms with Gasteiger partial charge in [-0.3, -0.25) is 4.79 Å². The Balaban J connectivity index is 2.37. The Labute approximate surface area is 96.2 Å². The van der Waals surface area contributed by atoms with Crippen molar-refractivity contribution in [1.29, 1.82) is 0 Å². The number of carboxylic acid groups (broad SMARTS) is 1. The zero-order valence-electron chi connectivity index (χ0n) is 8.24. The van der Waals surface area contributed by atoms with Gasteiger partial charge in [-0.2, -0.15) is 0 Å². The van der Waals surface area contributed by atoms with Gasteiger partial charge in [0.25, 0.3) is 0 Å². The van der Waals surface area contributed by atoms with Gasteiger partial charge in [0.15, 0.2) is 0 Å². The Bertz CT molecular complexity index is 403. The molecule has 0 saturated heterocycles. The molecule has 1 aliphatic rings. The predicted octanol–water partition coefficient (Wildman–Crippen LogP) is 2.65. The number of carbonyl (C=O) groups is 1. The summed E-state index contributed by atoms with van der Waals surface area (Å²) < 4.78 is 6.39. The lowest BCUT2D eigenvalue weighted by atomic mass is 9.89. The molecule has 0 spiro atoms. The van der Waals surface area contributed by atoms with Crippen molar-refractivity contribution in [2.45, 2.75) is 12.8 Å². The maximum Gasteiger partial charge on any atom is 0.306 e. The van der Waals surface area contributed by atoms with E-state index in [1.807, 2.05) is 18.2 Å². The molecule has 1 aliphatic heterocycles. The highest BCUT2D eigenvalue weighted by atomic mass is 79.9. The molecule has 0 aliphatic carbocycles. The van der Waals surface area contributed by atoms with Crippen molar-refractivity contribution in [2.75, 3.05) is 6.61 Å². The first-order valence-electron chi connectivity index (χ1n) is 4.75. The lowest BCUT2D eigenvalue weighted by Gasteiger charge is -2.13. The van der Waals surface area contributed by atoms with Crippen molar-refractivity contribution in [1.82, 2.24) is 0 Å². The van der Waals surface area contributed by atoms with Crippen LogP contribution < -0.4 is 4.74 Å². The largest absolute Gasteiger partial charge is 0.491 e. The minimum Gasteiger partial charge on any atom is -0.491 e. The molecule has 0 amide bonds. The van der Waals surface area contributed by atoms with E-state index < -0.39 is 11.9 Å². The smallest absolute Gasteiger partial charge is 0.306 e. The second-order valence-corrected chi connectivity index (χ2v) is 4.56. The van der Waals surface area contributed by atoms with Gasteiger partial charge in [0.05, 0.1) is 17.0 Å². The van der Waals surface area contributed by atoms with Crippen molar-refractivity contribution in [2.24, 2.45) is 5.92 Å². The number of para-hydroxylation sites is 1. The van der Waals surface area contributed by atoms with Crippen molar-refractivity contribution < 1.29 is 14.6 Å². The third kappa shape index (κ3) is 1.74. The van der Waals surface area contributed by atoms with E-state index in [0.29, 0.717) is 6.61 Å². The van der Waals surface area contributed by atoms with Crippen LogP contribution in [-0.2, 0) is 4.79 Å². The molecule has 1 aromatic carbocycles. The molecular weight excluding hydrogens is 260 g/mol. The molecule has 0 radical (unpaired) electrons. The summed E-state index contributed by atoms with van der Waals surface area (Å²) >= 11 is 3.39. The Hall–Kier alpha value is -1.03. The van der Waals surface area contributed by atoms with Crippen molar-refractivity contribution in [3.63, 3.8) is 0 Å². The monoisotopic (exact) mass is 270 g/mol. The third-order valence-corrected chi connectivity index (χ3v) is 3.42. The van der Waals surface area contributed by atoms with Gasteiger partial charge in [-0.05, 0) is 22.0 Å². The van der Waals surface area contributed by atoms with Gasteiger partial charge in [-0.25, -0.2) is 0 Å². The highest BCUT2D eigenvalue weighted by Gasteiger charge is 2.33. The van der Waals surface area contributed by atoms with E-state index >= 15 is 0 Å². The second kappa shape index (κ2) is 3.85. The minimum atomic E-state index is -0.781. The van der Waals surface area contributed by atoms with Crippen molar-refractivity contribution in [3.8, 4) is 5.75 Å². The first-order valence-corrected chi connectivity index (χ1v) is 5.54. The summed E-state index contributed by atoms with van der Waals surface area (Å²) in [5.74, 6) is -0.456. The van der Waals surface area contributed by atoms with Crippen LogP contribution in [0.15, 0.2) is 22.7 Å². The normalized spacial score (nSPS) is 20.5. The molecule has 3 nitrogen and oxygen atoms in total. The number of hydrogen-bond donors (Lipinski definition) is 1. The van der Waals surface area contributed by atoms with Crippen LogP contribution >= 0.6 is 15.9 Å². The third-order valence-electron chi connectivity index (χ3n) is 2.80. The van der Waals surface area contributed by atoms with Crippen molar-refractivity contribution >= 4 is 21.9 Å². The van der Waals surface area contributed by atoms with E-state index in [9.17, 15) is 4.79 Å². The highest BCUT2D eigenvalue weighted by Crippen LogP contribution is 2.42. The molecule has 15 heavy (non-hydrogen) atoms. The molecule has 1 heterocycles. The molecule has 80 valence electrons. The van der Waals surface area contributed by atoms with E-state index in [2.05, 4.69) is 15.9 Å². The SMILES string of the molecule is CC(C(=O)O)C1COc2c(Br)cccc21. The maximum atomic E-state index is 10.9. The van der Waals surface area contributed by atoms with Gasteiger partial charge >= 0.3 is 5.97 Å². The second-order valence-electron chi connectivity index (χ2n) is 3.70. The highest BCUT2D eigenvalue weighted by molar-refractivity contribution is 9.10. The van der Waals surface area contributed by atoms with Crippen LogP contribution in [0, 0.1) is 5.92 Å². The molecule has 2 atom stereocenters. The average Bonchev–Trinajstić information content (AvgIpc) is 2.61. The summed E-state index contributed by atoms with van der Waals surface area (Å²) in [7, 11) is 0. The zero-order valence-corrected chi connectivity index (χ0v) is 9.82. The van der Waals surface area contributed by atoms with Gasteiger partial charge in [0.1, 0.15) is 5.75 Å². The molecule has 0 bridgehead atoms. The quantitative estimate of drug-likeness (QED) is 0.899. The Morgan fingerprint density at radius 1 is 1.67 bits per heavy atom. The molecule has 0 fully saturated rings. The van der Waals surface area contributed by atoms with Gasteiger partial charge in [0, 0.05) is 11.5 Å². The number of aliphatic carboxylic acids is 1. The summed E-state index contributed by atoms with van der Waals surface area (Å²) in [4.78, 5) is 10.9.